The minimum atomic E-state index is -0.583. The van der Waals surface area contributed by atoms with Gasteiger partial charge in [0, 0.05) is 18.7 Å². The van der Waals surface area contributed by atoms with Gasteiger partial charge < -0.3 is 9.64 Å². The van der Waals surface area contributed by atoms with Crippen LogP contribution in [0.5, 0.6) is 0 Å². The molecule has 0 spiro atoms. The lowest BCUT2D eigenvalue weighted by molar-refractivity contribution is 0.0599. The van der Waals surface area contributed by atoms with Crippen LogP contribution < -0.4 is 0 Å². The van der Waals surface area contributed by atoms with Crippen molar-refractivity contribution in [1.29, 1.82) is 0 Å². The average molecular weight is 328 g/mol. The van der Waals surface area contributed by atoms with E-state index in [1.807, 2.05) is 4.90 Å². The zero-order valence-electron chi connectivity index (χ0n) is 11.6. The number of carbonyl (C=O) groups is 2. The van der Waals surface area contributed by atoms with E-state index >= 15 is 0 Å². The van der Waals surface area contributed by atoms with E-state index in [9.17, 15) is 9.59 Å². The van der Waals surface area contributed by atoms with Crippen LogP contribution >= 0.6 is 23.2 Å². The third-order valence-electron chi connectivity index (χ3n) is 4.03. The van der Waals surface area contributed by atoms with E-state index in [4.69, 9.17) is 27.9 Å². The second-order valence-electron chi connectivity index (χ2n) is 5.51. The summed E-state index contributed by atoms with van der Waals surface area (Å²) in [5.41, 5.74) is 1.34. The Morgan fingerprint density at radius 2 is 2.14 bits per heavy atom. The summed E-state index contributed by atoms with van der Waals surface area (Å²) in [7, 11) is 1.27. The number of rotatable bonds is 3. The molecular weight excluding hydrogens is 313 g/mol. The summed E-state index contributed by atoms with van der Waals surface area (Å²) in [5, 5.41) is 0.399. The number of benzene rings is 1. The molecule has 1 aromatic carbocycles. The SMILES string of the molecule is COC(=O)c1c(Cl)cc2c(c1Cl)CCN(CC1CC1)C2=O. The van der Waals surface area contributed by atoms with Crippen LogP contribution in [0.4, 0.5) is 0 Å². The van der Waals surface area contributed by atoms with E-state index in [0.29, 0.717) is 30.0 Å². The first-order valence-corrected chi connectivity index (χ1v) is 7.67. The quantitative estimate of drug-likeness (QED) is 0.801. The molecule has 0 bridgehead atoms. The van der Waals surface area contributed by atoms with E-state index in [1.54, 1.807) is 0 Å². The molecule has 2 aliphatic rings. The molecule has 21 heavy (non-hydrogen) atoms. The molecule has 0 N–H and O–H groups in total. The van der Waals surface area contributed by atoms with Gasteiger partial charge in [-0.15, -0.1) is 0 Å². The van der Waals surface area contributed by atoms with E-state index in [1.165, 1.54) is 26.0 Å². The zero-order chi connectivity index (χ0) is 15.1. The lowest BCUT2D eigenvalue weighted by Gasteiger charge is -2.29. The number of ether oxygens (including phenoxy) is 1. The summed E-state index contributed by atoms with van der Waals surface area (Å²) in [6.07, 6.45) is 3.02. The number of halogens is 2. The molecular formula is C15H15Cl2NO3. The van der Waals surface area contributed by atoms with Gasteiger partial charge in [-0.3, -0.25) is 4.79 Å². The van der Waals surface area contributed by atoms with Gasteiger partial charge in [0.15, 0.2) is 0 Å². The predicted octanol–water partition coefficient (Wildman–Crippen LogP) is 3.19. The molecule has 1 aliphatic carbocycles. The molecule has 1 aromatic rings. The lowest BCUT2D eigenvalue weighted by atomic mass is 9.96. The Morgan fingerprint density at radius 3 is 2.76 bits per heavy atom. The normalized spacial score (nSPS) is 17.7. The van der Waals surface area contributed by atoms with Gasteiger partial charge in [0.1, 0.15) is 0 Å². The van der Waals surface area contributed by atoms with Crippen LogP contribution in [0, 0.1) is 5.92 Å². The van der Waals surface area contributed by atoms with Crippen molar-refractivity contribution in [1.82, 2.24) is 4.90 Å². The van der Waals surface area contributed by atoms with E-state index in [-0.39, 0.29) is 21.5 Å². The van der Waals surface area contributed by atoms with Crippen molar-refractivity contribution in [3.8, 4) is 0 Å². The highest BCUT2D eigenvalue weighted by molar-refractivity contribution is 6.40. The van der Waals surface area contributed by atoms with Crippen molar-refractivity contribution < 1.29 is 14.3 Å². The van der Waals surface area contributed by atoms with Gasteiger partial charge in [-0.05, 0) is 36.8 Å². The molecule has 1 fully saturated rings. The van der Waals surface area contributed by atoms with Crippen LogP contribution in [0.25, 0.3) is 0 Å². The maximum absolute atomic E-state index is 12.5. The third kappa shape index (κ3) is 2.62. The fourth-order valence-electron chi connectivity index (χ4n) is 2.69. The molecule has 1 amide bonds. The number of fused-ring (bicyclic) bond motifs is 1. The molecule has 0 atom stereocenters. The second kappa shape index (κ2) is 5.50. The van der Waals surface area contributed by atoms with Crippen molar-refractivity contribution in [3.05, 3.63) is 32.8 Å². The van der Waals surface area contributed by atoms with Crippen LogP contribution in [-0.2, 0) is 11.2 Å². The summed E-state index contributed by atoms with van der Waals surface area (Å²) in [6.45, 7) is 1.43. The number of hydrogen-bond acceptors (Lipinski definition) is 3. The van der Waals surface area contributed by atoms with Crippen LogP contribution in [0.2, 0.25) is 10.0 Å². The highest BCUT2D eigenvalue weighted by atomic mass is 35.5. The van der Waals surface area contributed by atoms with Crippen LogP contribution in [0.1, 0.15) is 39.1 Å². The Labute approximate surface area is 133 Å². The van der Waals surface area contributed by atoms with Crippen molar-refractivity contribution >= 4 is 35.1 Å². The summed E-state index contributed by atoms with van der Waals surface area (Å²) in [6, 6.07) is 1.54. The summed E-state index contributed by atoms with van der Waals surface area (Å²) < 4.78 is 4.69. The van der Waals surface area contributed by atoms with Gasteiger partial charge >= 0.3 is 5.97 Å². The van der Waals surface area contributed by atoms with E-state index < -0.39 is 5.97 Å². The first-order chi connectivity index (χ1) is 10.0. The zero-order valence-corrected chi connectivity index (χ0v) is 13.1. The van der Waals surface area contributed by atoms with Gasteiger partial charge in [0.25, 0.3) is 5.91 Å². The number of carbonyl (C=O) groups excluding carboxylic acids is 2. The Balaban J connectivity index is 1.99. The fraction of sp³-hybridized carbons (Fsp3) is 0.467. The van der Waals surface area contributed by atoms with Gasteiger partial charge in [-0.1, -0.05) is 23.2 Å². The predicted molar refractivity (Wildman–Crippen MR) is 80.1 cm³/mol. The first kappa shape index (κ1) is 14.7. The number of methoxy groups -OCH3 is 1. The van der Waals surface area contributed by atoms with Crippen LogP contribution in [0.3, 0.4) is 0 Å². The Kier molecular flexibility index (Phi) is 3.84. The molecule has 0 radical (unpaired) electrons. The Hall–Kier alpha value is -1.26. The monoisotopic (exact) mass is 327 g/mol. The van der Waals surface area contributed by atoms with E-state index in [0.717, 1.165) is 6.54 Å². The Bertz CT molecular complexity index is 626. The largest absolute Gasteiger partial charge is 0.465 e. The highest BCUT2D eigenvalue weighted by Crippen LogP contribution is 2.36. The summed E-state index contributed by atoms with van der Waals surface area (Å²) >= 11 is 12.4. The fourth-order valence-corrected chi connectivity index (χ4v) is 3.39. The molecule has 0 aromatic heterocycles. The molecule has 1 heterocycles. The maximum atomic E-state index is 12.5. The smallest absolute Gasteiger partial charge is 0.340 e. The standard InChI is InChI=1S/C15H15Cl2NO3/c1-21-15(20)12-11(16)6-10-9(13(12)17)4-5-18(14(10)19)7-8-2-3-8/h6,8H,2-5,7H2,1H3. The summed E-state index contributed by atoms with van der Waals surface area (Å²) in [4.78, 5) is 26.1. The number of esters is 1. The number of hydrogen-bond donors (Lipinski definition) is 0. The van der Waals surface area contributed by atoms with Crippen molar-refractivity contribution in [2.45, 2.75) is 19.3 Å². The van der Waals surface area contributed by atoms with Crippen LogP contribution in [-0.4, -0.2) is 37.0 Å². The van der Waals surface area contributed by atoms with Gasteiger partial charge in [-0.25, -0.2) is 4.79 Å². The molecule has 3 rings (SSSR count). The topological polar surface area (TPSA) is 46.6 Å². The van der Waals surface area contributed by atoms with Gasteiger partial charge in [0.05, 0.1) is 22.7 Å². The van der Waals surface area contributed by atoms with Gasteiger partial charge in [0.2, 0.25) is 0 Å². The molecule has 112 valence electrons. The van der Waals surface area contributed by atoms with Crippen molar-refractivity contribution in [2.24, 2.45) is 5.92 Å². The second-order valence-corrected chi connectivity index (χ2v) is 6.29. The van der Waals surface area contributed by atoms with E-state index in [2.05, 4.69) is 0 Å². The maximum Gasteiger partial charge on any atom is 0.340 e. The molecule has 0 saturated heterocycles. The molecule has 0 unspecified atom stereocenters. The first-order valence-electron chi connectivity index (χ1n) is 6.91. The number of nitrogens with zero attached hydrogens (tertiary/aromatic N) is 1. The van der Waals surface area contributed by atoms with Gasteiger partial charge in [-0.2, -0.15) is 0 Å². The average Bonchev–Trinajstić information content (AvgIpc) is 3.26. The third-order valence-corrected chi connectivity index (χ3v) is 4.75. The minimum Gasteiger partial charge on any atom is -0.465 e. The highest BCUT2D eigenvalue weighted by Gasteiger charge is 2.33. The molecule has 1 aliphatic heterocycles. The summed E-state index contributed by atoms with van der Waals surface area (Å²) in [5.74, 6) is -0.000175. The van der Waals surface area contributed by atoms with Crippen molar-refractivity contribution in [3.63, 3.8) is 0 Å². The lowest BCUT2D eigenvalue weighted by Crippen LogP contribution is -2.39. The number of amides is 1. The Morgan fingerprint density at radius 1 is 1.43 bits per heavy atom. The molecule has 6 heteroatoms. The molecule has 4 nitrogen and oxygen atoms in total. The molecule has 1 saturated carbocycles. The van der Waals surface area contributed by atoms with Crippen molar-refractivity contribution in [2.75, 3.05) is 20.2 Å². The minimum absolute atomic E-state index is 0.0524. The van der Waals surface area contributed by atoms with Crippen LogP contribution in [0.15, 0.2) is 6.07 Å².